The van der Waals surface area contributed by atoms with Crippen LogP contribution in [0.4, 0.5) is 5.69 Å². The molecular formula is C9H12BrN. The smallest absolute Gasteiger partial charge is 0.0381 e. The molecule has 0 amide bonds. The maximum atomic E-state index is 3.43. The molecule has 11 heavy (non-hydrogen) atoms. The summed E-state index contributed by atoms with van der Waals surface area (Å²) in [5.74, 6) is 0. The van der Waals surface area contributed by atoms with Crippen molar-refractivity contribution in [2.45, 2.75) is 13.3 Å². The van der Waals surface area contributed by atoms with Gasteiger partial charge in [0.1, 0.15) is 0 Å². The Morgan fingerprint density at radius 2 is 2.18 bits per heavy atom. The van der Waals surface area contributed by atoms with E-state index < -0.39 is 0 Å². The number of rotatable bonds is 2. The summed E-state index contributed by atoms with van der Waals surface area (Å²) in [6.07, 6.45) is 1.07. The Labute approximate surface area is 75.9 Å². The first-order chi connectivity index (χ1) is 5.27. The second-order valence-corrected chi connectivity index (χ2v) is 3.32. The Hall–Kier alpha value is -0.500. The van der Waals surface area contributed by atoms with Crippen LogP contribution < -0.4 is 5.32 Å². The monoisotopic (exact) mass is 213 g/mol. The van der Waals surface area contributed by atoms with Crippen molar-refractivity contribution in [2.75, 3.05) is 12.4 Å². The predicted molar refractivity (Wildman–Crippen MR) is 53.1 cm³/mol. The predicted octanol–water partition coefficient (Wildman–Crippen LogP) is 3.05. The van der Waals surface area contributed by atoms with Gasteiger partial charge in [-0.3, -0.25) is 0 Å². The lowest BCUT2D eigenvalue weighted by atomic mass is 10.1. The minimum absolute atomic E-state index is 1.07. The van der Waals surface area contributed by atoms with E-state index in [1.807, 2.05) is 7.05 Å². The van der Waals surface area contributed by atoms with Crippen LogP contribution in [0.1, 0.15) is 12.5 Å². The van der Waals surface area contributed by atoms with Crippen LogP contribution in [-0.2, 0) is 6.42 Å². The minimum atomic E-state index is 1.07. The van der Waals surface area contributed by atoms with Gasteiger partial charge < -0.3 is 5.32 Å². The van der Waals surface area contributed by atoms with Gasteiger partial charge in [-0.05, 0) is 24.1 Å². The number of halogens is 1. The normalized spacial score (nSPS) is 9.73. The highest BCUT2D eigenvalue weighted by Crippen LogP contribution is 2.20. The molecule has 0 aliphatic heterocycles. The van der Waals surface area contributed by atoms with E-state index in [1.165, 1.54) is 11.3 Å². The number of benzene rings is 1. The fraction of sp³-hybridized carbons (Fsp3) is 0.333. The second-order valence-electron chi connectivity index (χ2n) is 2.41. The van der Waals surface area contributed by atoms with Crippen molar-refractivity contribution < 1.29 is 0 Å². The van der Waals surface area contributed by atoms with Gasteiger partial charge in [-0.1, -0.05) is 28.9 Å². The summed E-state index contributed by atoms with van der Waals surface area (Å²) in [4.78, 5) is 0. The molecule has 0 spiro atoms. The van der Waals surface area contributed by atoms with Crippen molar-refractivity contribution in [2.24, 2.45) is 0 Å². The molecule has 0 saturated heterocycles. The Morgan fingerprint density at radius 1 is 1.45 bits per heavy atom. The molecule has 0 radical (unpaired) electrons. The third kappa shape index (κ3) is 1.96. The molecule has 0 atom stereocenters. The third-order valence-electron chi connectivity index (χ3n) is 1.72. The summed E-state index contributed by atoms with van der Waals surface area (Å²) in [5, 5.41) is 3.16. The average molecular weight is 214 g/mol. The van der Waals surface area contributed by atoms with Gasteiger partial charge in [0.05, 0.1) is 0 Å². The van der Waals surface area contributed by atoms with Gasteiger partial charge in [0, 0.05) is 17.2 Å². The molecule has 0 unspecified atom stereocenters. The summed E-state index contributed by atoms with van der Waals surface area (Å²) in [6, 6.07) is 6.30. The summed E-state index contributed by atoms with van der Waals surface area (Å²) < 4.78 is 1.12. The van der Waals surface area contributed by atoms with E-state index in [0.717, 1.165) is 10.9 Å². The lowest BCUT2D eigenvalue weighted by Crippen LogP contribution is -1.93. The SMILES string of the molecule is CCc1ccc(Br)cc1NC. The van der Waals surface area contributed by atoms with E-state index in [1.54, 1.807) is 0 Å². The van der Waals surface area contributed by atoms with Gasteiger partial charge in [-0.2, -0.15) is 0 Å². The fourth-order valence-corrected chi connectivity index (χ4v) is 1.45. The van der Waals surface area contributed by atoms with Crippen molar-refractivity contribution in [1.82, 2.24) is 0 Å². The highest BCUT2D eigenvalue weighted by atomic mass is 79.9. The van der Waals surface area contributed by atoms with Crippen molar-refractivity contribution in [3.63, 3.8) is 0 Å². The van der Waals surface area contributed by atoms with E-state index in [2.05, 4.69) is 46.4 Å². The molecule has 0 aliphatic carbocycles. The first kappa shape index (κ1) is 8.60. The quantitative estimate of drug-likeness (QED) is 0.797. The zero-order valence-electron chi connectivity index (χ0n) is 6.82. The standard InChI is InChI=1S/C9H12BrN/c1-3-7-4-5-8(10)6-9(7)11-2/h4-6,11H,3H2,1-2H3. The molecule has 1 nitrogen and oxygen atoms in total. The molecule has 1 aromatic carbocycles. The van der Waals surface area contributed by atoms with Crippen molar-refractivity contribution in [1.29, 1.82) is 0 Å². The van der Waals surface area contributed by atoms with Gasteiger partial charge in [0.25, 0.3) is 0 Å². The number of nitrogens with one attached hydrogen (secondary N) is 1. The molecule has 1 rings (SSSR count). The maximum absolute atomic E-state index is 3.43. The van der Waals surface area contributed by atoms with Crippen LogP contribution in [-0.4, -0.2) is 7.05 Å². The van der Waals surface area contributed by atoms with Crippen LogP contribution in [0.2, 0.25) is 0 Å². The maximum Gasteiger partial charge on any atom is 0.0381 e. The van der Waals surface area contributed by atoms with Gasteiger partial charge in [-0.25, -0.2) is 0 Å². The van der Waals surface area contributed by atoms with E-state index in [0.29, 0.717) is 0 Å². The molecule has 0 aromatic heterocycles. The van der Waals surface area contributed by atoms with Crippen molar-refractivity contribution in [3.8, 4) is 0 Å². The number of aryl methyl sites for hydroxylation is 1. The Balaban J connectivity index is 3.06. The summed E-state index contributed by atoms with van der Waals surface area (Å²) in [6.45, 7) is 2.16. The molecule has 60 valence electrons. The lowest BCUT2D eigenvalue weighted by molar-refractivity contribution is 1.14. The lowest BCUT2D eigenvalue weighted by Gasteiger charge is -2.06. The van der Waals surface area contributed by atoms with Crippen LogP contribution in [0.25, 0.3) is 0 Å². The molecule has 1 aromatic rings. The molecule has 2 heteroatoms. The van der Waals surface area contributed by atoms with Gasteiger partial charge in [0.15, 0.2) is 0 Å². The van der Waals surface area contributed by atoms with E-state index in [4.69, 9.17) is 0 Å². The van der Waals surface area contributed by atoms with Crippen molar-refractivity contribution in [3.05, 3.63) is 28.2 Å². The molecule has 0 heterocycles. The first-order valence-electron chi connectivity index (χ1n) is 3.74. The van der Waals surface area contributed by atoms with Gasteiger partial charge in [-0.15, -0.1) is 0 Å². The molecular weight excluding hydrogens is 202 g/mol. The highest BCUT2D eigenvalue weighted by Gasteiger charge is 1.97. The number of anilines is 1. The zero-order valence-corrected chi connectivity index (χ0v) is 8.40. The van der Waals surface area contributed by atoms with Crippen molar-refractivity contribution >= 4 is 21.6 Å². The molecule has 0 saturated carbocycles. The van der Waals surface area contributed by atoms with E-state index in [9.17, 15) is 0 Å². The first-order valence-corrected chi connectivity index (χ1v) is 4.53. The average Bonchev–Trinajstić information content (AvgIpc) is 2.04. The summed E-state index contributed by atoms with van der Waals surface area (Å²) >= 11 is 3.43. The topological polar surface area (TPSA) is 12.0 Å². The summed E-state index contributed by atoms with van der Waals surface area (Å²) in [7, 11) is 1.95. The Morgan fingerprint density at radius 3 is 2.73 bits per heavy atom. The Bertz CT molecular complexity index is 245. The van der Waals surface area contributed by atoms with Crippen LogP contribution in [0.5, 0.6) is 0 Å². The van der Waals surface area contributed by atoms with Crippen LogP contribution in [0, 0.1) is 0 Å². The molecule has 0 fully saturated rings. The number of hydrogen-bond donors (Lipinski definition) is 1. The highest BCUT2D eigenvalue weighted by molar-refractivity contribution is 9.10. The molecule has 0 aliphatic rings. The number of hydrogen-bond acceptors (Lipinski definition) is 1. The van der Waals surface area contributed by atoms with E-state index >= 15 is 0 Å². The fourth-order valence-electron chi connectivity index (χ4n) is 1.09. The van der Waals surface area contributed by atoms with Gasteiger partial charge >= 0.3 is 0 Å². The minimum Gasteiger partial charge on any atom is -0.388 e. The molecule has 1 N–H and O–H groups in total. The second kappa shape index (κ2) is 3.77. The summed E-state index contributed by atoms with van der Waals surface area (Å²) in [5.41, 5.74) is 2.57. The zero-order chi connectivity index (χ0) is 8.27. The van der Waals surface area contributed by atoms with Gasteiger partial charge in [0.2, 0.25) is 0 Å². The third-order valence-corrected chi connectivity index (χ3v) is 2.22. The molecule has 0 bridgehead atoms. The van der Waals surface area contributed by atoms with Crippen LogP contribution in [0.3, 0.4) is 0 Å². The van der Waals surface area contributed by atoms with Crippen LogP contribution in [0.15, 0.2) is 22.7 Å². The Kier molecular flexibility index (Phi) is 2.94. The largest absolute Gasteiger partial charge is 0.388 e. The van der Waals surface area contributed by atoms with Crippen LogP contribution >= 0.6 is 15.9 Å². The van der Waals surface area contributed by atoms with E-state index in [-0.39, 0.29) is 0 Å².